The Bertz CT molecular complexity index is 364. The number of nitrogens with zero attached hydrogens (tertiary/aromatic N) is 2. The van der Waals surface area contributed by atoms with Crippen LogP contribution >= 0.6 is 0 Å². The van der Waals surface area contributed by atoms with Crippen molar-refractivity contribution in [3.8, 4) is 5.88 Å². The molecule has 0 fully saturated rings. The van der Waals surface area contributed by atoms with Crippen LogP contribution in [0.15, 0.2) is 12.4 Å². The number of hydrogen-bond acceptors (Lipinski definition) is 4. The molecule has 1 rings (SSSR count). The van der Waals surface area contributed by atoms with Gasteiger partial charge in [0.05, 0.1) is 12.8 Å². The first-order chi connectivity index (χ1) is 7.54. The Morgan fingerprint density at radius 3 is 2.62 bits per heavy atom. The molecule has 1 aromatic rings. The van der Waals surface area contributed by atoms with E-state index >= 15 is 0 Å². The Balaban J connectivity index is 2.69. The summed E-state index contributed by atoms with van der Waals surface area (Å²) in [6.45, 7) is 6.04. The van der Waals surface area contributed by atoms with Gasteiger partial charge in [-0.05, 0) is 5.92 Å². The van der Waals surface area contributed by atoms with Crippen molar-refractivity contribution in [1.82, 2.24) is 9.97 Å². The molecule has 1 unspecified atom stereocenters. The van der Waals surface area contributed by atoms with Crippen molar-refractivity contribution < 1.29 is 9.53 Å². The van der Waals surface area contributed by atoms with E-state index in [9.17, 15) is 4.79 Å². The van der Waals surface area contributed by atoms with E-state index in [0.29, 0.717) is 23.9 Å². The Kier molecular flexibility index (Phi) is 4.40. The van der Waals surface area contributed by atoms with E-state index in [-0.39, 0.29) is 11.7 Å². The molecule has 0 amide bonds. The number of hydrogen-bond donors (Lipinski definition) is 0. The van der Waals surface area contributed by atoms with Crippen molar-refractivity contribution in [2.75, 3.05) is 7.11 Å². The summed E-state index contributed by atoms with van der Waals surface area (Å²) in [4.78, 5) is 19.8. The van der Waals surface area contributed by atoms with Crippen LogP contribution in [0, 0.1) is 11.8 Å². The highest BCUT2D eigenvalue weighted by molar-refractivity contribution is 5.82. The number of ether oxygens (including phenoxy) is 1. The summed E-state index contributed by atoms with van der Waals surface area (Å²) in [5.74, 6) is 1.11. The van der Waals surface area contributed by atoms with Gasteiger partial charge in [0.15, 0.2) is 0 Å². The molecule has 0 bridgehead atoms. The van der Waals surface area contributed by atoms with Gasteiger partial charge in [0.25, 0.3) is 0 Å². The van der Waals surface area contributed by atoms with Crippen LogP contribution in [-0.2, 0) is 11.2 Å². The van der Waals surface area contributed by atoms with Gasteiger partial charge in [-0.3, -0.25) is 4.79 Å². The molecule has 0 saturated carbocycles. The third-order valence-electron chi connectivity index (χ3n) is 2.77. The number of Topliss-reactive ketones (excluding diaryl/α,β-unsaturated/α-hetero) is 1. The Labute approximate surface area is 96.1 Å². The predicted octanol–water partition coefficient (Wildman–Crippen LogP) is 1.89. The molecule has 88 valence electrons. The van der Waals surface area contributed by atoms with E-state index in [1.54, 1.807) is 13.2 Å². The van der Waals surface area contributed by atoms with Gasteiger partial charge in [0.2, 0.25) is 5.88 Å². The second kappa shape index (κ2) is 5.58. The number of aromatic nitrogens is 2. The Hall–Kier alpha value is -1.45. The first-order valence-electron chi connectivity index (χ1n) is 5.42. The van der Waals surface area contributed by atoms with E-state index in [4.69, 9.17) is 4.74 Å². The molecule has 0 aliphatic heterocycles. The quantitative estimate of drug-likeness (QED) is 0.763. The van der Waals surface area contributed by atoms with Gasteiger partial charge in [-0.2, -0.15) is 0 Å². The van der Waals surface area contributed by atoms with Gasteiger partial charge < -0.3 is 4.74 Å². The first kappa shape index (κ1) is 12.6. The number of ketones is 1. The molecule has 1 atom stereocenters. The van der Waals surface area contributed by atoms with Gasteiger partial charge in [-0.1, -0.05) is 20.8 Å². The standard InChI is InChI=1S/C12H18N2O2/c1-8(2)9(3)11(15)5-10-6-12(16-4)14-7-13-10/h6-9H,5H2,1-4H3. The van der Waals surface area contributed by atoms with Gasteiger partial charge in [-0.25, -0.2) is 9.97 Å². The zero-order valence-corrected chi connectivity index (χ0v) is 10.2. The zero-order valence-electron chi connectivity index (χ0n) is 10.2. The van der Waals surface area contributed by atoms with Crippen molar-refractivity contribution in [3.63, 3.8) is 0 Å². The van der Waals surface area contributed by atoms with Gasteiger partial charge in [0.1, 0.15) is 12.1 Å². The maximum atomic E-state index is 11.9. The van der Waals surface area contributed by atoms with Crippen LogP contribution in [0.3, 0.4) is 0 Å². The second-order valence-corrected chi connectivity index (χ2v) is 4.23. The summed E-state index contributed by atoms with van der Waals surface area (Å²) in [5, 5.41) is 0. The number of methoxy groups -OCH3 is 1. The van der Waals surface area contributed by atoms with E-state index in [1.165, 1.54) is 6.33 Å². The summed E-state index contributed by atoms with van der Waals surface area (Å²) in [7, 11) is 1.55. The molecule has 0 aliphatic carbocycles. The van der Waals surface area contributed by atoms with Crippen molar-refractivity contribution in [2.45, 2.75) is 27.2 Å². The molecule has 0 saturated heterocycles. The highest BCUT2D eigenvalue weighted by Gasteiger charge is 2.17. The zero-order chi connectivity index (χ0) is 12.1. The lowest BCUT2D eigenvalue weighted by molar-refractivity contribution is -0.122. The van der Waals surface area contributed by atoms with Gasteiger partial charge >= 0.3 is 0 Å². The topological polar surface area (TPSA) is 52.1 Å². The molecule has 1 aromatic heterocycles. The van der Waals surface area contributed by atoms with Gasteiger partial charge in [0, 0.05) is 18.4 Å². The fraction of sp³-hybridized carbons (Fsp3) is 0.583. The molecule has 0 radical (unpaired) electrons. The summed E-state index contributed by atoms with van der Waals surface area (Å²) in [6.07, 6.45) is 1.76. The summed E-state index contributed by atoms with van der Waals surface area (Å²) in [6, 6.07) is 1.70. The Morgan fingerprint density at radius 1 is 1.38 bits per heavy atom. The molecular weight excluding hydrogens is 204 g/mol. The van der Waals surface area contributed by atoms with E-state index in [1.807, 2.05) is 20.8 Å². The summed E-state index contributed by atoms with van der Waals surface area (Å²) < 4.78 is 4.98. The van der Waals surface area contributed by atoms with Crippen LogP contribution in [-0.4, -0.2) is 22.9 Å². The molecule has 0 aliphatic rings. The molecule has 0 aromatic carbocycles. The number of carbonyl (C=O) groups is 1. The highest BCUT2D eigenvalue weighted by atomic mass is 16.5. The molecule has 0 N–H and O–H groups in total. The second-order valence-electron chi connectivity index (χ2n) is 4.23. The Morgan fingerprint density at radius 2 is 2.06 bits per heavy atom. The van der Waals surface area contributed by atoms with E-state index < -0.39 is 0 Å². The molecule has 0 spiro atoms. The SMILES string of the molecule is COc1cc(CC(=O)C(C)C(C)C)ncn1. The van der Waals surface area contributed by atoms with Gasteiger partial charge in [-0.15, -0.1) is 0 Å². The van der Waals surface area contributed by atoms with Crippen molar-refractivity contribution in [1.29, 1.82) is 0 Å². The maximum Gasteiger partial charge on any atom is 0.216 e. The monoisotopic (exact) mass is 222 g/mol. The summed E-state index contributed by atoms with van der Waals surface area (Å²) in [5.41, 5.74) is 0.712. The van der Waals surface area contributed by atoms with Crippen molar-refractivity contribution >= 4 is 5.78 Å². The van der Waals surface area contributed by atoms with Crippen LogP contribution in [0.1, 0.15) is 26.5 Å². The highest BCUT2D eigenvalue weighted by Crippen LogP contribution is 2.14. The summed E-state index contributed by atoms with van der Waals surface area (Å²) >= 11 is 0. The first-order valence-corrected chi connectivity index (χ1v) is 5.42. The average molecular weight is 222 g/mol. The molecule has 4 heteroatoms. The lowest BCUT2D eigenvalue weighted by atomic mass is 9.91. The van der Waals surface area contributed by atoms with E-state index in [0.717, 1.165) is 0 Å². The van der Waals surface area contributed by atoms with E-state index in [2.05, 4.69) is 9.97 Å². The minimum absolute atomic E-state index is 0.0564. The lowest BCUT2D eigenvalue weighted by Crippen LogP contribution is -2.19. The molecular formula is C12H18N2O2. The number of carbonyl (C=O) groups excluding carboxylic acids is 1. The molecule has 1 heterocycles. The predicted molar refractivity (Wildman–Crippen MR) is 61.3 cm³/mol. The smallest absolute Gasteiger partial charge is 0.216 e. The largest absolute Gasteiger partial charge is 0.481 e. The number of rotatable bonds is 5. The van der Waals surface area contributed by atoms with Crippen LogP contribution in [0.2, 0.25) is 0 Å². The lowest BCUT2D eigenvalue weighted by Gasteiger charge is -2.13. The van der Waals surface area contributed by atoms with Crippen LogP contribution in [0.25, 0.3) is 0 Å². The fourth-order valence-corrected chi connectivity index (χ4v) is 1.30. The van der Waals surface area contributed by atoms with Crippen LogP contribution in [0.5, 0.6) is 5.88 Å². The normalized spacial score (nSPS) is 12.6. The van der Waals surface area contributed by atoms with Crippen LogP contribution in [0.4, 0.5) is 0 Å². The van der Waals surface area contributed by atoms with Crippen molar-refractivity contribution in [2.24, 2.45) is 11.8 Å². The third kappa shape index (κ3) is 3.29. The third-order valence-corrected chi connectivity index (χ3v) is 2.77. The van der Waals surface area contributed by atoms with Crippen LogP contribution < -0.4 is 4.74 Å². The molecule has 16 heavy (non-hydrogen) atoms. The average Bonchev–Trinajstić information content (AvgIpc) is 2.28. The maximum absolute atomic E-state index is 11.9. The minimum Gasteiger partial charge on any atom is -0.481 e. The molecule has 4 nitrogen and oxygen atoms in total. The van der Waals surface area contributed by atoms with Crippen molar-refractivity contribution in [3.05, 3.63) is 18.1 Å². The minimum atomic E-state index is 0.0564. The fourth-order valence-electron chi connectivity index (χ4n) is 1.30.